The number of carbonyl (C=O) groups excluding carboxylic acids is 1. The molecule has 3 aromatic heterocycles. The van der Waals surface area contributed by atoms with Gasteiger partial charge < -0.3 is 10.6 Å². The van der Waals surface area contributed by atoms with Crippen molar-refractivity contribution in [2.45, 2.75) is 13.8 Å². The number of aromatic nitrogens is 4. The Bertz CT molecular complexity index is 1690. The second-order valence-corrected chi connectivity index (χ2v) is 10.3. The number of halogens is 2. The lowest BCUT2D eigenvalue weighted by Crippen LogP contribution is -2.15. The van der Waals surface area contributed by atoms with E-state index in [1.807, 2.05) is 31.2 Å². The first kappa shape index (κ1) is 23.9. The number of hydrogen-bond acceptors (Lipinski definition) is 6. The second kappa shape index (κ2) is 9.32. The molecule has 0 aliphatic heterocycles. The Balaban J connectivity index is 1.47. The molecule has 5 rings (SSSR count). The third kappa shape index (κ3) is 4.54. The topological polar surface area (TPSA) is 105 Å². The Morgan fingerprint density at radius 2 is 1.94 bits per heavy atom. The summed E-state index contributed by atoms with van der Waals surface area (Å²) in [5, 5.41) is 17.6. The number of aryl methyl sites for hydroxylation is 2. The molecule has 0 spiro atoms. The fourth-order valence-corrected chi connectivity index (χ4v) is 5.31. The molecule has 0 radical (unpaired) electrons. The Morgan fingerprint density at radius 1 is 1.14 bits per heavy atom. The van der Waals surface area contributed by atoms with Gasteiger partial charge >= 0.3 is 0 Å². The summed E-state index contributed by atoms with van der Waals surface area (Å²) in [7, 11) is 1.80. The zero-order valence-electron chi connectivity index (χ0n) is 19.4. The molecular weight excluding hydrogens is 547 g/mol. The summed E-state index contributed by atoms with van der Waals surface area (Å²) in [5.41, 5.74) is 2.23. The summed E-state index contributed by atoms with van der Waals surface area (Å²) in [6, 6.07) is 13.7. The van der Waals surface area contributed by atoms with Crippen LogP contribution in [-0.2, 0) is 7.05 Å². The van der Waals surface area contributed by atoms with Crippen molar-refractivity contribution in [3.8, 4) is 11.3 Å². The van der Waals surface area contributed by atoms with E-state index >= 15 is 0 Å². The van der Waals surface area contributed by atoms with Crippen molar-refractivity contribution in [2.75, 3.05) is 10.6 Å². The molecule has 3 heterocycles. The van der Waals surface area contributed by atoms with Gasteiger partial charge in [-0.15, -0.1) is 11.3 Å². The molecule has 8 nitrogen and oxygen atoms in total. The highest BCUT2D eigenvalue weighted by Gasteiger charge is 2.18. The van der Waals surface area contributed by atoms with Gasteiger partial charge in [-0.2, -0.15) is 10.2 Å². The molecule has 0 aliphatic rings. The number of nitrogens with one attached hydrogen (secondary N) is 3. The van der Waals surface area contributed by atoms with Gasteiger partial charge in [0.05, 0.1) is 16.3 Å². The molecule has 0 saturated carbocycles. The molecular formula is C25H20BrFN6O2S. The van der Waals surface area contributed by atoms with Crippen molar-refractivity contribution in [3.05, 3.63) is 85.3 Å². The maximum atomic E-state index is 14.8. The zero-order chi connectivity index (χ0) is 25.6. The molecule has 1 amide bonds. The van der Waals surface area contributed by atoms with Crippen molar-refractivity contribution < 1.29 is 9.18 Å². The standard InChI is InChI=1S/C25H20BrFN6O2S/c1-12-8-22(32-33(12)3)28-19-11-18(30-31-24(19)34)16-6-7-17(27)23(13(16)2)29-25(35)21-9-14-4-5-15(26)10-20(14)36-21/h4-11H,1-3H3,(H,29,35)(H,31,34)(H,28,30,32). The van der Waals surface area contributed by atoms with Gasteiger partial charge in [0.2, 0.25) is 0 Å². The Kier molecular flexibility index (Phi) is 6.19. The highest BCUT2D eigenvalue weighted by molar-refractivity contribution is 9.10. The summed E-state index contributed by atoms with van der Waals surface area (Å²) in [6.07, 6.45) is 0. The van der Waals surface area contributed by atoms with E-state index in [1.54, 1.807) is 36.9 Å². The van der Waals surface area contributed by atoms with E-state index in [0.29, 0.717) is 27.5 Å². The van der Waals surface area contributed by atoms with Crippen molar-refractivity contribution in [1.29, 1.82) is 0 Å². The van der Waals surface area contributed by atoms with E-state index in [1.165, 1.54) is 17.4 Å². The highest BCUT2D eigenvalue weighted by atomic mass is 79.9. The minimum absolute atomic E-state index is 0.0546. The molecule has 2 aromatic carbocycles. The predicted molar refractivity (Wildman–Crippen MR) is 144 cm³/mol. The van der Waals surface area contributed by atoms with Gasteiger partial charge in [0.1, 0.15) is 11.5 Å². The van der Waals surface area contributed by atoms with Crippen LogP contribution in [0.25, 0.3) is 21.3 Å². The second-order valence-electron chi connectivity index (χ2n) is 8.26. The van der Waals surface area contributed by atoms with E-state index < -0.39 is 17.3 Å². The molecule has 5 aromatic rings. The fourth-order valence-electron chi connectivity index (χ4n) is 3.80. The van der Waals surface area contributed by atoms with Crippen LogP contribution in [0.3, 0.4) is 0 Å². The van der Waals surface area contributed by atoms with E-state index in [4.69, 9.17) is 0 Å². The molecule has 0 atom stereocenters. The van der Waals surface area contributed by atoms with Crippen LogP contribution >= 0.6 is 27.3 Å². The van der Waals surface area contributed by atoms with E-state index in [-0.39, 0.29) is 11.4 Å². The third-order valence-electron chi connectivity index (χ3n) is 5.81. The highest BCUT2D eigenvalue weighted by Crippen LogP contribution is 2.33. The number of fused-ring (bicyclic) bond motifs is 1. The van der Waals surface area contributed by atoms with Crippen molar-refractivity contribution in [2.24, 2.45) is 7.05 Å². The maximum Gasteiger partial charge on any atom is 0.287 e. The SMILES string of the molecule is Cc1c(-c2cc(Nc3cc(C)n(C)n3)c(=O)[nH]n2)ccc(F)c1NC(=O)c1cc2ccc(Br)cc2s1. The number of carbonyl (C=O) groups is 1. The first-order valence-corrected chi connectivity index (χ1v) is 12.5. The summed E-state index contributed by atoms with van der Waals surface area (Å²) < 4.78 is 18.4. The number of thiophene rings is 1. The van der Waals surface area contributed by atoms with Crippen LogP contribution in [0.2, 0.25) is 0 Å². The number of aromatic amines is 1. The number of anilines is 3. The summed E-state index contributed by atoms with van der Waals surface area (Å²) in [6.45, 7) is 3.59. The molecule has 3 N–H and O–H groups in total. The van der Waals surface area contributed by atoms with Gasteiger partial charge in [0, 0.05) is 33.5 Å². The first-order chi connectivity index (χ1) is 17.2. The molecule has 11 heteroatoms. The maximum absolute atomic E-state index is 14.8. The lowest BCUT2D eigenvalue weighted by atomic mass is 10.0. The summed E-state index contributed by atoms with van der Waals surface area (Å²) in [4.78, 5) is 25.8. The van der Waals surface area contributed by atoms with Gasteiger partial charge in [-0.05, 0) is 61.2 Å². The predicted octanol–water partition coefficient (Wildman–Crippen LogP) is 5.90. The third-order valence-corrected chi connectivity index (χ3v) is 7.40. The van der Waals surface area contributed by atoms with Crippen LogP contribution in [0.5, 0.6) is 0 Å². The number of benzene rings is 2. The van der Waals surface area contributed by atoms with Gasteiger partial charge in [-0.3, -0.25) is 14.3 Å². The van der Waals surface area contributed by atoms with Crippen LogP contribution in [0.4, 0.5) is 21.6 Å². The number of hydrogen-bond donors (Lipinski definition) is 3. The lowest BCUT2D eigenvalue weighted by Gasteiger charge is -2.13. The zero-order valence-corrected chi connectivity index (χ0v) is 21.8. The Morgan fingerprint density at radius 3 is 2.69 bits per heavy atom. The van der Waals surface area contributed by atoms with Gasteiger partial charge in [-0.1, -0.05) is 22.0 Å². The minimum Gasteiger partial charge on any atom is -0.334 e. The Hall–Kier alpha value is -3.83. The molecule has 0 unspecified atom stereocenters. The first-order valence-electron chi connectivity index (χ1n) is 10.9. The monoisotopic (exact) mass is 566 g/mol. The van der Waals surface area contributed by atoms with Gasteiger partial charge in [0.15, 0.2) is 5.82 Å². The van der Waals surface area contributed by atoms with Crippen LogP contribution in [0.1, 0.15) is 20.9 Å². The molecule has 0 aliphatic carbocycles. The molecule has 0 fully saturated rings. The van der Waals surface area contributed by atoms with E-state index in [0.717, 1.165) is 20.3 Å². The van der Waals surface area contributed by atoms with E-state index in [2.05, 4.69) is 41.9 Å². The normalized spacial score (nSPS) is 11.1. The van der Waals surface area contributed by atoms with E-state index in [9.17, 15) is 14.0 Å². The number of nitrogens with zero attached hydrogens (tertiary/aromatic N) is 3. The van der Waals surface area contributed by atoms with Crippen LogP contribution in [0, 0.1) is 19.7 Å². The van der Waals surface area contributed by atoms with Crippen LogP contribution in [0.15, 0.2) is 57.8 Å². The summed E-state index contributed by atoms with van der Waals surface area (Å²) >= 11 is 4.76. The Labute approximate surface area is 217 Å². The van der Waals surface area contributed by atoms with Crippen LogP contribution < -0.4 is 16.2 Å². The molecule has 0 bridgehead atoms. The number of amides is 1. The van der Waals surface area contributed by atoms with Gasteiger partial charge in [0.25, 0.3) is 11.5 Å². The summed E-state index contributed by atoms with van der Waals surface area (Å²) in [5.74, 6) is -0.467. The molecule has 0 saturated heterocycles. The average Bonchev–Trinajstić information content (AvgIpc) is 3.40. The van der Waals surface area contributed by atoms with Gasteiger partial charge in [-0.25, -0.2) is 9.49 Å². The molecule has 182 valence electrons. The average molecular weight is 567 g/mol. The van der Waals surface area contributed by atoms with Crippen molar-refractivity contribution in [3.63, 3.8) is 0 Å². The van der Waals surface area contributed by atoms with Crippen molar-refractivity contribution >= 4 is 60.5 Å². The fraction of sp³-hybridized carbons (Fsp3) is 0.120. The molecule has 36 heavy (non-hydrogen) atoms. The number of H-pyrrole nitrogens is 1. The largest absolute Gasteiger partial charge is 0.334 e. The van der Waals surface area contributed by atoms with Crippen LogP contribution in [-0.4, -0.2) is 25.9 Å². The number of rotatable bonds is 5. The smallest absolute Gasteiger partial charge is 0.287 e. The lowest BCUT2D eigenvalue weighted by molar-refractivity contribution is 0.103. The quantitative estimate of drug-likeness (QED) is 0.245. The van der Waals surface area contributed by atoms with Crippen molar-refractivity contribution in [1.82, 2.24) is 20.0 Å². The minimum atomic E-state index is -0.569.